The Morgan fingerprint density at radius 2 is 1.78 bits per heavy atom. The molecule has 0 radical (unpaired) electrons. The van der Waals surface area contributed by atoms with Gasteiger partial charge in [-0.15, -0.1) is 0 Å². The molecule has 0 unspecified atom stereocenters. The number of hydrogen-bond acceptors (Lipinski definition) is 5. The molecule has 0 aliphatic rings. The Morgan fingerprint density at radius 3 is 2.43 bits per heavy atom. The lowest BCUT2D eigenvalue weighted by Crippen LogP contribution is -2.10. The number of alkyl halides is 3. The summed E-state index contributed by atoms with van der Waals surface area (Å²) in [6, 6.07) is 7.13. The highest BCUT2D eigenvalue weighted by Gasteiger charge is 2.34. The largest absolute Gasteiger partial charge is 0.452 e. The summed E-state index contributed by atoms with van der Waals surface area (Å²) in [5.74, 6) is -0.705. The van der Waals surface area contributed by atoms with Crippen molar-refractivity contribution in [3.05, 3.63) is 48.7 Å². The second-order valence-electron chi connectivity index (χ2n) is 4.60. The van der Waals surface area contributed by atoms with E-state index < -0.39 is 12.0 Å². The fraction of sp³-hybridized carbons (Fsp3) is 0.133. The zero-order chi connectivity index (χ0) is 16.4. The van der Waals surface area contributed by atoms with Gasteiger partial charge in [-0.05, 0) is 24.3 Å². The van der Waals surface area contributed by atoms with Gasteiger partial charge in [-0.1, -0.05) is 0 Å². The molecule has 1 aromatic carbocycles. The zero-order valence-corrected chi connectivity index (χ0v) is 11.9. The van der Waals surface area contributed by atoms with Crippen molar-refractivity contribution in [3.8, 4) is 11.5 Å². The summed E-state index contributed by atoms with van der Waals surface area (Å²) in [5, 5.41) is 3.87. The van der Waals surface area contributed by atoms with Gasteiger partial charge in [0, 0.05) is 24.3 Å². The first-order chi connectivity index (χ1) is 11.0. The molecule has 23 heavy (non-hydrogen) atoms. The van der Waals surface area contributed by atoms with Gasteiger partial charge >= 0.3 is 6.18 Å². The number of benzene rings is 1. The minimum absolute atomic E-state index is 0.0992. The first kappa shape index (κ1) is 15.0. The predicted octanol–water partition coefficient (Wildman–Crippen LogP) is 3.88. The monoisotopic (exact) mass is 320 g/mol. The van der Waals surface area contributed by atoms with Crippen LogP contribution in [0, 0.1) is 0 Å². The zero-order valence-electron chi connectivity index (χ0n) is 11.9. The second kappa shape index (κ2) is 5.71. The van der Waals surface area contributed by atoms with Gasteiger partial charge < -0.3 is 10.1 Å². The summed E-state index contributed by atoms with van der Waals surface area (Å²) in [5.41, 5.74) is 1.45. The van der Waals surface area contributed by atoms with Crippen LogP contribution in [0.3, 0.4) is 0 Å². The van der Waals surface area contributed by atoms with E-state index in [4.69, 9.17) is 4.74 Å². The first-order valence-electron chi connectivity index (χ1n) is 6.61. The molecule has 3 aromatic rings. The number of pyridine rings is 1. The van der Waals surface area contributed by atoms with Gasteiger partial charge in [-0.25, -0.2) is 9.97 Å². The number of halogens is 3. The van der Waals surface area contributed by atoms with Gasteiger partial charge in [0.25, 0.3) is 0 Å². The smallest absolute Gasteiger partial charge is 0.451 e. The van der Waals surface area contributed by atoms with Crippen LogP contribution in [0.25, 0.3) is 10.9 Å². The van der Waals surface area contributed by atoms with Crippen LogP contribution in [0.1, 0.15) is 5.82 Å². The maximum Gasteiger partial charge on any atom is 0.451 e. The number of rotatable bonds is 3. The van der Waals surface area contributed by atoms with Gasteiger partial charge in [-0.2, -0.15) is 13.2 Å². The van der Waals surface area contributed by atoms with E-state index in [0.717, 1.165) is 23.5 Å². The number of ether oxygens (including phenoxy) is 1. The van der Waals surface area contributed by atoms with E-state index in [2.05, 4.69) is 20.3 Å². The van der Waals surface area contributed by atoms with Gasteiger partial charge in [0.05, 0.1) is 12.4 Å². The summed E-state index contributed by atoms with van der Waals surface area (Å²) in [4.78, 5) is 10.8. The molecule has 0 spiro atoms. The Hall–Kier alpha value is -2.90. The van der Waals surface area contributed by atoms with E-state index in [0.29, 0.717) is 11.3 Å². The molecular weight excluding hydrogens is 309 g/mol. The van der Waals surface area contributed by atoms with E-state index in [1.165, 1.54) is 0 Å². The van der Waals surface area contributed by atoms with Crippen LogP contribution in [0.4, 0.5) is 18.9 Å². The lowest BCUT2D eigenvalue weighted by atomic mass is 10.1. The number of fused-ring (bicyclic) bond motifs is 1. The Balaban J connectivity index is 1.96. The Kier molecular flexibility index (Phi) is 3.73. The molecule has 1 N–H and O–H groups in total. The molecule has 0 fully saturated rings. The lowest BCUT2D eigenvalue weighted by molar-refractivity contribution is -0.145. The summed E-state index contributed by atoms with van der Waals surface area (Å²) < 4.78 is 42.9. The topological polar surface area (TPSA) is 59.9 Å². The molecule has 2 aromatic heterocycles. The van der Waals surface area contributed by atoms with Crippen molar-refractivity contribution in [2.45, 2.75) is 6.18 Å². The van der Waals surface area contributed by atoms with Crippen LogP contribution in [-0.4, -0.2) is 22.0 Å². The number of hydrogen-bond donors (Lipinski definition) is 1. The van der Waals surface area contributed by atoms with E-state index in [9.17, 15) is 13.2 Å². The quantitative estimate of drug-likeness (QED) is 0.793. The summed E-state index contributed by atoms with van der Waals surface area (Å²) >= 11 is 0. The van der Waals surface area contributed by atoms with Gasteiger partial charge in [0.1, 0.15) is 5.52 Å². The number of nitrogens with zero attached hydrogens (tertiary/aromatic N) is 3. The molecule has 0 bridgehead atoms. The lowest BCUT2D eigenvalue weighted by Gasteiger charge is -2.11. The third kappa shape index (κ3) is 3.01. The average Bonchev–Trinajstić information content (AvgIpc) is 2.55. The van der Waals surface area contributed by atoms with E-state index in [-0.39, 0.29) is 5.75 Å². The van der Waals surface area contributed by atoms with E-state index in [1.54, 1.807) is 31.4 Å². The summed E-state index contributed by atoms with van der Waals surface area (Å²) in [6.07, 6.45) is -1.01. The molecule has 0 amide bonds. The SMILES string of the molecule is CNc1ccc(Oc2cnc(C(F)(F)F)nc2)c2ncccc12. The summed E-state index contributed by atoms with van der Waals surface area (Å²) in [7, 11) is 1.78. The molecule has 118 valence electrons. The summed E-state index contributed by atoms with van der Waals surface area (Å²) in [6.45, 7) is 0. The molecular formula is C15H11F3N4O. The fourth-order valence-corrected chi connectivity index (χ4v) is 2.09. The Labute approximate surface area is 129 Å². The highest BCUT2D eigenvalue weighted by atomic mass is 19.4. The van der Waals surface area contributed by atoms with Crippen molar-refractivity contribution in [1.82, 2.24) is 15.0 Å². The van der Waals surface area contributed by atoms with Crippen molar-refractivity contribution in [1.29, 1.82) is 0 Å². The molecule has 0 aliphatic carbocycles. The molecule has 0 aliphatic heterocycles. The standard InChI is InChI=1S/C15H11F3N4O/c1-19-11-4-5-12(13-10(11)3-2-6-20-13)23-9-7-21-14(22-8-9)15(16,17)18/h2-8,19H,1H3. The first-order valence-corrected chi connectivity index (χ1v) is 6.61. The molecule has 8 heteroatoms. The number of aromatic nitrogens is 3. The number of anilines is 1. The number of nitrogens with one attached hydrogen (secondary N) is 1. The Bertz CT molecular complexity index is 834. The highest BCUT2D eigenvalue weighted by Crippen LogP contribution is 2.33. The van der Waals surface area contributed by atoms with Crippen molar-refractivity contribution in [2.24, 2.45) is 0 Å². The van der Waals surface area contributed by atoms with Crippen molar-refractivity contribution in [2.75, 3.05) is 12.4 Å². The molecule has 0 saturated heterocycles. The Morgan fingerprint density at radius 1 is 1.04 bits per heavy atom. The molecule has 0 atom stereocenters. The predicted molar refractivity (Wildman–Crippen MR) is 78.4 cm³/mol. The maximum absolute atomic E-state index is 12.5. The molecule has 3 rings (SSSR count). The van der Waals surface area contributed by atoms with E-state index >= 15 is 0 Å². The minimum Gasteiger partial charge on any atom is -0.452 e. The van der Waals surface area contributed by atoms with Crippen molar-refractivity contribution >= 4 is 16.6 Å². The fourth-order valence-electron chi connectivity index (χ4n) is 2.09. The van der Waals surface area contributed by atoms with Crippen molar-refractivity contribution < 1.29 is 17.9 Å². The van der Waals surface area contributed by atoms with Crippen LogP contribution < -0.4 is 10.1 Å². The normalized spacial score (nSPS) is 11.5. The van der Waals surface area contributed by atoms with E-state index in [1.807, 2.05) is 6.07 Å². The van der Waals surface area contributed by atoms with Crippen LogP contribution in [0.2, 0.25) is 0 Å². The van der Waals surface area contributed by atoms with Gasteiger partial charge in [0.15, 0.2) is 11.5 Å². The maximum atomic E-state index is 12.5. The molecule has 5 nitrogen and oxygen atoms in total. The molecule has 0 saturated carbocycles. The average molecular weight is 320 g/mol. The third-order valence-electron chi connectivity index (χ3n) is 3.11. The van der Waals surface area contributed by atoms with Crippen LogP contribution in [0.5, 0.6) is 11.5 Å². The second-order valence-corrected chi connectivity index (χ2v) is 4.60. The van der Waals surface area contributed by atoms with Crippen molar-refractivity contribution in [3.63, 3.8) is 0 Å². The highest BCUT2D eigenvalue weighted by molar-refractivity contribution is 5.95. The van der Waals surface area contributed by atoms with Crippen LogP contribution in [0.15, 0.2) is 42.9 Å². The van der Waals surface area contributed by atoms with Crippen LogP contribution >= 0.6 is 0 Å². The van der Waals surface area contributed by atoms with Crippen LogP contribution in [-0.2, 0) is 6.18 Å². The van der Waals surface area contributed by atoms with Gasteiger partial charge in [0.2, 0.25) is 5.82 Å². The third-order valence-corrected chi connectivity index (χ3v) is 3.11. The molecule has 2 heterocycles. The van der Waals surface area contributed by atoms with Gasteiger partial charge in [-0.3, -0.25) is 4.98 Å². The minimum atomic E-state index is -4.58.